The predicted octanol–water partition coefficient (Wildman–Crippen LogP) is 4.59. The van der Waals surface area contributed by atoms with Gasteiger partial charge >= 0.3 is 0 Å². The molecular formula is C17H27NO3. The van der Waals surface area contributed by atoms with E-state index < -0.39 is 0 Å². The van der Waals surface area contributed by atoms with Gasteiger partial charge in [-0.2, -0.15) is 0 Å². The summed E-state index contributed by atoms with van der Waals surface area (Å²) in [5, 5.41) is 23.1. The Kier molecular flexibility index (Phi) is 8.32. The van der Waals surface area contributed by atoms with Crippen molar-refractivity contribution in [1.82, 2.24) is 0 Å². The van der Waals surface area contributed by atoms with E-state index >= 15 is 0 Å². The standard InChI is InChI=1S/C17H27NO3/c1-3-5-6-7-8-9-10-15(18-21-4-2)14-11-12-16(19)17(20)13-14/h11-13,19-20H,3-10H2,1-2H3/b18-15+. The maximum Gasteiger partial charge on any atom is 0.158 e. The Morgan fingerprint density at radius 1 is 1.00 bits per heavy atom. The van der Waals surface area contributed by atoms with Crippen LogP contribution in [0.15, 0.2) is 23.4 Å². The Labute approximate surface area is 127 Å². The Balaban J connectivity index is 2.57. The molecule has 0 saturated carbocycles. The number of nitrogens with zero attached hydrogens (tertiary/aromatic N) is 1. The number of rotatable bonds is 10. The van der Waals surface area contributed by atoms with Crippen LogP contribution in [0.25, 0.3) is 0 Å². The summed E-state index contributed by atoms with van der Waals surface area (Å²) in [4.78, 5) is 5.16. The van der Waals surface area contributed by atoms with Gasteiger partial charge in [0.05, 0.1) is 5.71 Å². The van der Waals surface area contributed by atoms with E-state index in [4.69, 9.17) is 4.84 Å². The molecule has 0 radical (unpaired) electrons. The molecule has 2 N–H and O–H groups in total. The fourth-order valence-corrected chi connectivity index (χ4v) is 2.16. The number of phenolic OH excluding ortho intramolecular Hbond substituents is 2. The maximum atomic E-state index is 9.60. The Hall–Kier alpha value is -1.71. The predicted molar refractivity (Wildman–Crippen MR) is 85.9 cm³/mol. The molecule has 118 valence electrons. The zero-order valence-corrected chi connectivity index (χ0v) is 13.1. The molecule has 0 spiro atoms. The summed E-state index contributed by atoms with van der Waals surface area (Å²) in [6, 6.07) is 4.77. The van der Waals surface area contributed by atoms with E-state index in [1.807, 2.05) is 6.92 Å². The largest absolute Gasteiger partial charge is 0.504 e. The third-order valence-electron chi connectivity index (χ3n) is 3.38. The highest BCUT2D eigenvalue weighted by Crippen LogP contribution is 2.26. The van der Waals surface area contributed by atoms with E-state index in [1.165, 1.54) is 44.2 Å². The van der Waals surface area contributed by atoms with Crippen molar-refractivity contribution in [2.24, 2.45) is 5.16 Å². The van der Waals surface area contributed by atoms with E-state index in [0.29, 0.717) is 6.61 Å². The lowest BCUT2D eigenvalue weighted by Crippen LogP contribution is -2.02. The minimum atomic E-state index is -0.125. The zero-order valence-electron chi connectivity index (χ0n) is 13.1. The summed E-state index contributed by atoms with van der Waals surface area (Å²) in [5.41, 5.74) is 1.62. The van der Waals surface area contributed by atoms with Crippen molar-refractivity contribution in [1.29, 1.82) is 0 Å². The Bertz CT molecular complexity index is 444. The van der Waals surface area contributed by atoms with Crippen LogP contribution in [-0.2, 0) is 4.84 Å². The van der Waals surface area contributed by atoms with Crippen molar-refractivity contribution in [3.05, 3.63) is 23.8 Å². The summed E-state index contributed by atoms with van der Waals surface area (Å²) >= 11 is 0. The van der Waals surface area contributed by atoms with Gasteiger partial charge in [0, 0.05) is 5.56 Å². The van der Waals surface area contributed by atoms with E-state index in [9.17, 15) is 10.2 Å². The molecule has 0 fully saturated rings. The second-order valence-electron chi connectivity index (χ2n) is 5.18. The van der Waals surface area contributed by atoms with Crippen molar-refractivity contribution < 1.29 is 15.1 Å². The van der Waals surface area contributed by atoms with Gasteiger partial charge in [-0.15, -0.1) is 0 Å². The average molecular weight is 293 g/mol. The van der Waals surface area contributed by atoms with Crippen LogP contribution in [0.5, 0.6) is 11.5 Å². The number of hydrogen-bond acceptors (Lipinski definition) is 4. The highest BCUT2D eigenvalue weighted by atomic mass is 16.6. The SMILES string of the molecule is CCCCCCCC/C(=N\OCC)c1ccc(O)c(O)c1. The van der Waals surface area contributed by atoms with Gasteiger partial charge in [0.25, 0.3) is 0 Å². The van der Waals surface area contributed by atoms with Crippen molar-refractivity contribution in [3.8, 4) is 11.5 Å². The molecule has 4 nitrogen and oxygen atoms in total. The van der Waals surface area contributed by atoms with Crippen molar-refractivity contribution in [3.63, 3.8) is 0 Å². The number of benzene rings is 1. The average Bonchev–Trinajstić information content (AvgIpc) is 2.49. The molecule has 0 unspecified atom stereocenters. The zero-order chi connectivity index (χ0) is 15.5. The third-order valence-corrected chi connectivity index (χ3v) is 3.38. The normalized spacial score (nSPS) is 11.6. The van der Waals surface area contributed by atoms with Gasteiger partial charge in [0.1, 0.15) is 6.61 Å². The summed E-state index contributed by atoms with van der Waals surface area (Å²) in [6.45, 7) is 4.62. The highest BCUT2D eigenvalue weighted by molar-refractivity contribution is 6.00. The first-order valence-electron chi connectivity index (χ1n) is 7.90. The number of hydrogen-bond donors (Lipinski definition) is 2. The lowest BCUT2D eigenvalue weighted by atomic mass is 10.0. The molecule has 4 heteroatoms. The molecule has 0 bridgehead atoms. The van der Waals surface area contributed by atoms with Crippen LogP contribution in [0.1, 0.15) is 64.4 Å². The molecule has 0 aliphatic carbocycles. The number of phenols is 2. The fourth-order valence-electron chi connectivity index (χ4n) is 2.16. The van der Waals surface area contributed by atoms with Crippen LogP contribution in [0.4, 0.5) is 0 Å². The monoisotopic (exact) mass is 293 g/mol. The van der Waals surface area contributed by atoms with E-state index in [-0.39, 0.29) is 11.5 Å². The molecule has 0 aliphatic rings. The van der Waals surface area contributed by atoms with E-state index in [1.54, 1.807) is 6.07 Å². The van der Waals surface area contributed by atoms with Crippen molar-refractivity contribution in [2.75, 3.05) is 6.61 Å². The molecule has 0 amide bonds. The van der Waals surface area contributed by atoms with Crippen LogP contribution in [0, 0.1) is 0 Å². The van der Waals surface area contributed by atoms with Gasteiger partial charge in [0.2, 0.25) is 0 Å². The third kappa shape index (κ3) is 6.52. The van der Waals surface area contributed by atoms with Crippen molar-refractivity contribution in [2.45, 2.75) is 58.8 Å². The first-order chi connectivity index (χ1) is 10.2. The minimum absolute atomic E-state index is 0.117. The maximum absolute atomic E-state index is 9.60. The first-order valence-corrected chi connectivity index (χ1v) is 7.90. The van der Waals surface area contributed by atoms with Gasteiger partial charge < -0.3 is 15.1 Å². The molecule has 0 atom stereocenters. The van der Waals surface area contributed by atoms with Crippen LogP contribution in [-0.4, -0.2) is 22.5 Å². The quantitative estimate of drug-likeness (QED) is 0.287. The minimum Gasteiger partial charge on any atom is -0.504 e. The van der Waals surface area contributed by atoms with Gasteiger partial charge in [-0.3, -0.25) is 0 Å². The van der Waals surface area contributed by atoms with Crippen LogP contribution >= 0.6 is 0 Å². The summed E-state index contributed by atoms with van der Waals surface area (Å²) in [6.07, 6.45) is 8.13. The molecule has 1 aromatic rings. The van der Waals surface area contributed by atoms with Crippen LogP contribution < -0.4 is 0 Å². The topological polar surface area (TPSA) is 62.0 Å². The van der Waals surface area contributed by atoms with E-state index in [2.05, 4.69) is 12.1 Å². The molecule has 0 aromatic heterocycles. The fraction of sp³-hybridized carbons (Fsp3) is 0.588. The molecule has 1 rings (SSSR count). The lowest BCUT2D eigenvalue weighted by molar-refractivity contribution is 0.158. The van der Waals surface area contributed by atoms with Gasteiger partial charge in [0.15, 0.2) is 11.5 Å². The van der Waals surface area contributed by atoms with Gasteiger partial charge in [-0.1, -0.05) is 44.2 Å². The first kappa shape index (κ1) is 17.3. The van der Waals surface area contributed by atoms with E-state index in [0.717, 1.165) is 24.1 Å². The molecule has 1 aromatic carbocycles. The lowest BCUT2D eigenvalue weighted by Gasteiger charge is -2.08. The highest BCUT2D eigenvalue weighted by Gasteiger charge is 2.08. The molecule has 0 saturated heterocycles. The molecular weight excluding hydrogens is 266 g/mol. The van der Waals surface area contributed by atoms with Crippen LogP contribution in [0.2, 0.25) is 0 Å². The van der Waals surface area contributed by atoms with Crippen LogP contribution in [0.3, 0.4) is 0 Å². The number of oxime groups is 1. The smallest absolute Gasteiger partial charge is 0.158 e. The Morgan fingerprint density at radius 3 is 2.38 bits per heavy atom. The van der Waals surface area contributed by atoms with Gasteiger partial charge in [-0.05, 0) is 38.0 Å². The molecule has 0 heterocycles. The molecule has 21 heavy (non-hydrogen) atoms. The summed E-state index contributed by atoms with van der Waals surface area (Å²) < 4.78 is 0. The molecule has 0 aliphatic heterocycles. The van der Waals surface area contributed by atoms with Crippen molar-refractivity contribution >= 4 is 5.71 Å². The van der Waals surface area contributed by atoms with Gasteiger partial charge in [-0.25, -0.2) is 0 Å². The Morgan fingerprint density at radius 2 is 1.71 bits per heavy atom. The summed E-state index contributed by atoms with van der Waals surface area (Å²) in [7, 11) is 0. The second-order valence-corrected chi connectivity index (χ2v) is 5.18. The number of unbranched alkanes of at least 4 members (excludes halogenated alkanes) is 5. The second kappa shape index (κ2) is 10.1. The number of aromatic hydroxyl groups is 2. The summed E-state index contributed by atoms with van der Waals surface area (Å²) in [5.74, 6) is -0.242.